The summed E-state index contributed by atoms with van der Waals surface area (Å²) in [4.78, 5) is 17.3. The van der Waals surface area contributed by atoms with Crippen LogP contribution in [-0.2, 0) is 4.84 Å². The summed E-state index contributed by atoms with van der Waals surface area (Å²) in [6, 6.07) is 6.41. The number of anilines is 1. The molecular formula is C24H34FN3O2. The lowest BCUT2D eigenvalue weighted by atomic mass is 9.70. The van der Waals surface area contributed by atoms with Crippen molar-refractivity contribution in [3.05, 3.63) is 53.5 Å². The van der Waals surface area contributed by atoms with Crippen molar-refractivity contribution in [3.63, 3.8) is 0 Å². The van der Waals surface area contributed by atoms with E-state index in [-0.39, 0.29) is 23.3 Å². The van der Waals surface area contributed by atoms with Gasteiger partial charge in [0.1, 0.15) is 5.82 Å². The second kappa shape index (κ2) is 9.65. The number of carbonyl (C=O) groups excluding carboxylic acids is 1. The Morgan fingerprint density at radius 2 is 2.10 bits per heavy atom. The Morgan fingerprint density at radius 1 is 1.37 bits per heavy atom. The minimum atomic E-state index is -0.229. The van der Waals surface area contributed by atoms with Crippen LogP contribution in [0, 0.1) is 17.2 Å². The van der Waals surface area contributed by atoms with Gasteiger partial charge in [0, 0.05) is 24.5 Å². The fourth-order valence-electron chi connectivity index (χ4n) is 4.75. The molecule has 2 aliphatic carbocycles. The summed E-state index contributed by atoms with van der Waals surface area (Å²) in [5.74, 6) is 0.297. The largest absolute Gasteiger partial charge is 0.356 e. The molecule has 0 spiro atoms. The van der Waals surface area contributed by atoms with Gasteiger partial charge in [-0.25, -0.2) is 14.2 Å². The maximum atomic E-state index is 13.1. The summed E-state index contributed by atoms with van der Waals surface area (Å²) in [6.45, 7) is 4.51. The van der Waals surface area contributed by atoms with Crippen LogP contribution >= 0.6 is 0 Å². The van der Waals surface area contributed by atoms with E-state index >= 15 is 0 Å². The topological polar surface area (TPSA) is 53.6 Å². The van der Waals surface area contributed by atoms with E-state index < -0.39 is 0 Å². The Morgan fingerprint density at radius 3 is 2.77 bits per heavy atom. The average molecular weight is 416 g/mol. The number of hydrogen-bond donors (Lipinski definition) is 2. The number of hydroxylamine groups is 2. The van der Waals surface area contributed by atoms with E-state index in [2.05, 4.69) is 36.6 Å². The summed E-state index contributed by atoms with van der Waals surface area (Å²) in [5, 5.41) is 7.78. The van der Waals surface area contributed by atoms with Crippen LogP contribution in [0.15, 0.2) is 47.7 Å². The molecule has 2 aliphatic rings. The number of benzene rings is 1. The molecular weight excluding hydrogens is 381 g/mol. The molecule has 30 heavy (non-hydrogen) atoms. The number of hydrogen-bond acceptors (Lipinski definition) is 3. The summed E-state index contributed by atoms with van der Waals surface area (Å²) in [7, 11) is 3.12. The van der Waals surface area contributed by atoms with Crippen molar-refractivity contribution in [2.75, 3.05) is 19.5 Å². The summed E-state index contributed by atoms with van der Waals surface area (Å²) in [6.07, 6.45) is 10.7. The predicted molar refractivity (Wildman–Crippen MR) is 118 cm³/mol. The number of carbonyl (C=O) groups is 1. The first-order valence-corrected chi connectivity index (χ1v) is 10.9. The van der Waals surface area contributed by atoms with Gasteiger partial charge in [-0.2, -0.15) is 0 Å². The number of halogens is 1. The Balaban J connectivity index is 1.65. The Bertz CT molecular complexity index is 805. The lowest BCUT2D eigenvalue weighted by Gasteiger charge is -2.37. The van der Waals surface area contributed by atoms with E-state index in [0.29, 0.717) is 5.92 Å². The third-order valence-electron chi connectivity index (χ3n) is 6.70. The van der Waals surface area contributed by atoms with Crippen LogP contribution in [0.1, 0.15) is 52.4 Å². The van der Waals surface area contributed by atoms with Gasteiger partial charge in [-0.05, 0) is 73.8 Å². The van der Waals surface area contributed by atoms with Gasteiger partial charge >= 0.3 is 6.03 Å². The zero-order chi connectivity index (χ0) is 21.7. The van der Waals surface area contributed by atoms with E-state index in [1.807, 2.05) is 0 Å². The Hall–Kier alpha value is -2.34. The lowest BCUT2D eigenvalue weighted by molar-refractivity contribution is -0.0659. The van der Waals surface area contributed by atoms with Gasteiger partial charge in [-0.3, -0.25) is 4.84 Å². The molecule has 0 bridgehead atoms. The van der Waals surface area contributed by atoms with Crippen molar-refractivity contribution in [1.29, 1.82) is 0 Å². The standard InChI is InChI=1S/C24H34FN3O2/c1-5-6-21(27-23(29)28(3)30-4)15-17-7-8-18-16-22(13-14-24(17,18)2)26-20-11-9-19(25)10-12-20/h9-13,16-17,21,26H,5-8,14-15H2,1-4H3,(H,27,29)/t17-,21?,24-/m1/s1. The average Bonchev–Trinajstić information content (AvgIpc) is 3.05. The minimum absolute atomic E-state index is 0.123. The van der Waals surface area contributed by atoms with Crippen LogP contribution < -0.4 is 10.6 Å². The van der Waals surface area contributed by atoms with Crippen LogP contribution in [0.25, 0.3) is 0 Å². The molecule has 2 amide bonds. The molecule has 0 aliphatic heterocycles. The van der Waals surface area contributed by atoms with Crippen LogP contribution in [0.5, 0.6) is 0 Å². The van der Waals surface area contributed by atoms with Crippen molar-refractivity contribution in [1.82, 2.24) is 10.4 Å². The second-order valence-electron chi connectivity index (χ2n) is 8.67. The van der Waals surface area contributed by atoms with Gasteiger partial charge in [-0.15, -0.1) is 0 Å². The minimum Gasteiger partial charge on any atom is -0.356 e. The number of nitrogens with one attached hydrogen (secondary N) is 2. The number of allylic oxidation sites excluding steroid dienone is 3. The molecule has 1 fully saturated rings. The van der Waals surface area contributed by atoms with E-state index in [0.717, 1.165) is 49.9 Å². The quantitative estimate of drug-likeness (QED) is 0.541. The van der Waals surface area contributed by atoms with Crippen molar-refractivity contribution >= 4 is 11.7 Å². The molecule has 6 heteroatoms. The third kappa shape index (κ3) is 5.04. The Kier molecular flexibility index (Phi) is 7.19. The second-order valence-corrected chi connectivity index (χ2v) is 8.67. The first-order chi connectivity index (χ1) is 14.4. The molecule has 2 N–H and O–H groups in total. The molecule has 1 saturated carbocycles. The SMILES string of the molecule is CCCC(C[C@H]1CCC2=CC(Nc3ccc(F)cc3)=CC[C@@]21C)NC(=O)N(C)OC. The molecule has 0 saturated heterocycles. The lowest BCUT2D eigenvalue weighted by Crippen LogP contribution is -2.44. The van der Waals surface area contributed by atoms with Crippen molar-refractivity contribution in [2.45, 2.75) is 58.4 Å². The summed E-state index contributed by atoms with van der Waals surface area (Å²) in [5.41, 5.74) is 3.56. The normalized spacial score (nSPS) is 23.8. The zero-order valence-corrected chi connectivity index (χ0v) is 18.5. The number of urea groups is 1. The summed E-state index contributed by atoms with van der Waals surface area (Å²) < 4.78 is 13.1. The highest BCUT2D eigenvalue weighted by atomic mass is 19.1. The van der Waals surface area contributed by atoms with Gasteiger partial charge < -0.3 is 10.6 Å². The first-order valence-electron chi connectivity index (χ1n) is 10.9. The van der Waals surface area contributed by atoms with Crippen molar-refractivity contribution in [3.8, 4) is 0 Å². The van der Waals surface area contributed by atoms with Gasteiger partial charge in [-0.1, -0.05) is 31.9 Å². The highest BCUT2D eigenvalue weighted by Crippen LogP contribution is 2.54. The third-order valence-corrected chi connectivity index (χ3v) is 6.70. The molecule has 1 aromatic rings. The first kappa shape index (κ1) is 22.3. The van der Waals surface area contributed by atoms with Crippen LogP contribution in [0.3, 0.4) is 0 Å². The number of amides is 2. The molecule has 0 aromatic heterocycles. The molecule has 3 rings (SSSR count). The maximum Gasteiger partial charge on any atom is 0.341 e. The summed E-state index contributed by atoms with van der Waals surface area (Å²) >= 11 is 0. The van der Waals surface area contributed by atoms with Crippen LogP contribution in [0.2, 0.25) is 0 Å². The zero-order valence-electron chi connectivity index (χ0n) is 18.5. The molecule has 5 nitrogen and oxygen atoms in total. The van der Waals surface area contributed by atoms with E-state index in [4.69, 9.17) is 4.84 Å². The van der Waals surface area contributed by atoms with Crippen molar-refractivity contribution in [2.24, 2.45) is 11.3 Å². The highest BCUT2D eigenvalue weighted by Gasteiger charge is 2.44. The van der Waals surface area contributed by atoms with Crippen LogP contribution in [0.4, 0.5) is 14.9 Å². The molecule has 0 heterocycles. The van der Waals surface area contributed by atoms with Gasteiger partial charge in [0.15, 0.2) is 0 Å². The van der Waals surface area contributed by atoms with Crippen molar-refractivity contribution < 1.29 is 14.0 Å². The molecule has 1 unspecified atom stereocenters. The monoisotopic (exact) mass is 415 g/mol. The Labute approximate surface area is 179 Å². The van der Waals surface area contributed by atoms with E-state index in [9.17, 15) is 9.18 Å². The fraction of sp³-hybridized carbons (Fsp3) is 0.542. The van der Waals surface area contributed by atoms with Gasteiger partial charge in [0.25, 0.3) is 0 Å². The number of rotatable bonds is 8. The fourth-order valence-corrected chi connectivity index (χ4v) is 4.75. The number of fused-ring (bicyclic) bond motifs is 1. The number of nitrogens with zero attached hydrogens (tertiary/aromatic N) is 1. The predicted octanol–water partition coefficient (Wildman–Crippen LogP) is 5.63. The molecule has 0 radical (unpaired) electrons. The van der Waals surface area contributed by atoms with Gasteiger partial charge in [0.05, 0.1) is 7.11 Å². The molecule has 3 atom stereocenters. The highest BCUT2D eigenvalue weighted by molar-refractivity contribution is 5.73. The smallest absolute Gasteiger partial charge is 0.341 e. The molecule has 1 aromatic carbocycles. The maximum absolute atomic E-state index is 13.1. The van der Waals surface area contributed by atoms with E-state index in [1.54, 1.807) is 19.2 Å². The van der Waals surface area contributed by atoms with Gasteiger partial charge in [0.2, 0.25) is 0 Å². The molecule has 164 valence electrons. The van der Waals surface area contributed by atoms with Crippen LogP contribution in [-0.4, -0.2) is 31.3 Å². The van der Waals surface area contributed by atoms with E-state index in [1.165, 1.54) is 29.9 Å².